The summed E-state index contributed by atoms with van der Waals surface area (Å²) in [4.78, 5) is 25.0. The lowest BCUT2D eigenvalue weighted by Gasteiger charge is -2.36. The van der Waals surface area contributed by atoms with Gasteiger partial charge >= 0.3 is 0 Å². The van der Waals surface area contributed by atoms with Crippen molar-refractivity contribution in [2.24, 2.45) is 5.73 Å². The fourth-order valence-corrected chi connectivity index (χ4v) is 3.84. The van der Waals surface area contributed by atoms with E-state index in [1.54, 1.807) is 4.90 Å². The Kier molecular flexibility index (Phi) is 5.06. The van der Waals surface area contributed by atoms with Gasteiger partial charge in [0.1, 0.15) is 5.75 Å². The zero-order valence-corrected chi connectivity index (χ0v) is 14.0. The highest BCUT2D eigenvalue weighted by Gasteiger charge is 2.26. The van der Waals surface area contributed by atoms with Crippen LogP contribution in [0.2, 0.25) is 0 Å². The summed E-state index contributed by atoms with van der Waals surface area (Å²) >= 11 is 0. The number of sulfone groups is 1. The van der Waals surface area contributed by atoms with E-state index in [1.165, 1.54) is 24.3 Å². The average molecular weight is 339 g/mol. The van der Waals surface area contributed by atoms with Crippen LogP contribution >= 0.6 is 0 Å². The van der Waals surface area contributed by atoms with E-state index >= 15 is 0 Å². The molecule has 1 aromatic carbocycles. The van der Waals surface area contributed by atoms with Crippen LogP contribution in [-0.4, -0.2) is 56.1 Å². The molecule has 1 aliphatic rings. The number of nitrogens with one attached hydrogen (secondary N) is 1. The van der Waals surface area contributed by atoms with E-state index in [4.69, 9.17) is 5.73 Å². The van der Waals surface area contributed by atoms with Crippen LogP contribution in [0.15, 0.2) is 29.2 Å². The maximum Gasteiger partial charge on any atom is 0.253 e. The summed E-state index contributed by atoms with van der Waals surface area (Å²) in [6.07, 6.45) is 0. The highest BCUT2D eigenvalue weighted by atomic mass is 32.2. The van der Waals surface area contributed by atoms with Crippen LogP contribution in [0.4, 0.5) is 0 Å². The number of amides is 2. The maximum absolute atomic E-state index is 12.5. The van der Waals surface area contributed by atoms with Crippen molar-refractivity contribution >= 4 is 21.7 Å². The van der Waals surface area contributed by atoms with Gasteiger partial charge in [-0.3, -0.25) is 9.59 Å². The quantitative estimate of drug-likeness (QED) is 0.787. The molecule has 1 saturated heterocycles. The summed E-state index contributed by atoms with van der Waals surface area (Å²) in [5.41, 5.74) is 5.35. The van der Waals surface area contributed by atoms with Crippen LogP contribution in [0.3, 0.4) is 0 Å². The molecule has 2 atom stereocenters. The predicted octanol–water partition coefficient (Wildman–Crippen LogP) is -0.232. The number of piperazine rings is 1. The van der Waals surface area contributed by atoms with Crippen LogP contribution in [0.25, 0.3) is 0 Å². The molecule has 2 rings (SSSR count). The van der Waals surface area contributed by atoms with Gasteiger partial charge in [-0.15, -0.1) is 0 Å². The zero-order chi connectivity index (χ0) is 17.2. The van der Waals surface area contributed by atoms with Gasteiger partial charge in [-0.2, -0.15) is 0 Å². The Balaban J connectivity index is 2.16. The molecule has 2 amide bonds. The zero-order valence-electron chi connectivity index (χ0n) is 13.2. The Morgan fingerprint density at radius 1 is 1.17 bits per heavy atom. The first-order valence-electron chi connectivity index (χ1n) is 7.35. The van der Waals surface area contributed by atoms with Crippen molar-refractivity contribution in [1.29, 1.82) is 0 Å². The molecule has 0 unspecified atom stereocenters. The van der Waals surface area contributed by atoms with Crippen molar-refractivity contribution < 1.29 is 18.0 Å². The smallest absolute Gasteiger partial charge is 0.253 e. The third-order valence-corrected chi connectivity index (χ3v) is 5.29. The van der Waals surface area contributed by atoms with E-state index in [-0.39, 0.29) is 22.9 Å². The second kappa shape index (κ2) is 6.67. The summed E-state index contributed by atoms with van der Waals surface area (Å²) in [5.74, 6) is -1.79. The number of primary amides is 1. The van der Waals surface area contributed by atoms with Gasteiger partial charge in [0.05, 0.1) is 4.90 Å². The molecule has 1 heterocycles. The molecule has 1 aromatic rings. The van der Waals surface area contributed by atoms with Gasteiger partial charge < -0.3 is 16.0 Å². The molecule has 0 spiro atoms. The fourth-order valence-electron chi connectivity index (χ4n) is 2.75. The molecule has 8 heteroatoms. The molecular formula is C15H21N3O4S. The van der Waals surface area contributed by atoms with Crippen molar-refractivity contribution in [2.45, 2.75) is 30.8 Å². The first kappa shape index (κ1) is 17.4. The molecular weight excluding hydrogens is 318 g/mol. The van der Waals surface area contributed by atoms with Crippen LogP contribution in [0.5, 0.6) is 0 Å². The van der Waals surface area contributed by atoms with Gasteiger partial charge in [0.15, 0.2) is 9.84 Å². The minimum Gasteiger partial charge on any atom is -0.369 e. The summed E-state index contributed by atoms with van der Waals surface area (Å²) in [7, 11) is -3.75. The van der Waals surface area contributed by atoms with Crippen molar-refractivity contribution in [1.82, 2.24) is 10.2 Å². The molecule has 0 bridgehead atoms. The molecule has 1 fully saturated rings. The largest absolute Gasteiger partial charge is 0.369 e. The minimum absolute atomic E-state index is 0.0186. The third kappa shape index (κ3) is 4.29. The molecule has 0 aromatic heterocycles. The minimum atomic E-state index is -3.75. The standard InChI is InChI=1S/C15H21N3O4S/c1-10-7-18(8-11(2)17-10)15(20)12-3-5-13(6-4-12)23(21,22)9-14(16)19/h3-6,10-11,17H,7-9H2,1-2H3,(H2,16,19)/t10-,11-/m1/s1. The van der Waals surface area contributed by atoms with Gasteiger partial charge in [0.2, 0.25) is 5.91 Å². The summed E-state index contributed by atoms with van der Waals surface area (Å²) in [6, 6.07) is 6.01. The Labute approximate surface area is 135 Å². The van der Waals surface area contributed by atoms with Gasteiger partial charge in [0.25, 0.3) is 5.91 Å². The van der Waals surface area contributed by atoms with Gasteiger partial charge in [0, 0.05) is 30.7 Å². The highest BCUT2D eigenvalue weighted by molar-refractivity contribution is 7.92. The number of nitrogens with two attached hydrogens (primary N) is 1. The van der Waals surface area contributed by atoms with Crippen LogP contribution < -0.4 is 11.1 Å². The SMILES string of the molecule is C[C@@H]1CN(C(=O)c2ccc(S(=O)(=O)CC(N)=O)cc2)C[C@@H](C)N1. The maximum atomic E-state index is 12.5. The monoisotopic (exact) mass is 339 g/mol. The Morgan fingerprint density at radius 2 is 1.70 bits per heavy atom. The van der Waals surface area contributed by atoms with Crippen molar-refractivity contribution in [3.8, 4) is 0 Å². The number of nitrogens with zero attached hydrogens (tertiary/aromatic N) is 1. The molecule has 23 heavy (non-hydrogen) atoms. The third-order valence-electron chi connectivity index (χ3n) is 3.64. The van der Waals surface area contributed by atoms with Crippen LogP contribution in [0, 0.1) is 0 Å². The normalized spacial score (nSPS) is 21.9. The summed E-state index contributed by atoms with van der Waals surface area (Å²) < 4.78 is 23.8. The number of hydrogen-bond acceptors (Lipinski definition) is 5. The lowest BCUT2D eigenvalue weighted by Crippen LogP contribution is -2.55. The van der Waals surface area contributed by atoms with E-state index in [0.717, 1.165) is 0 Å². The second-order valence-corrected chi connectivity index (χ2v) is 7.92. The Hall–Kier alpha value is -1.93. The van der Waals surface area contributed by atoms with Gasteiger partial charge in [-0.05, 0) is 38.1 Å². The second-order valence-electron chi connectivity index (χ2n) is 5.93. The van der Waals surface area contributed by atoms with Gasteiger partial charge in [-0.1, -0.05) is 0 Å². The summed E-state index contributed by atoms with van der Waals surface area (Å²) in [5, 5.41) is 3.35. The average Bonchev–Trinajstić information content (AvgIpc) is 2.44. The molecule has 7 nitrogen and oxygen atoms in total. The fraction of sp³-hybridized carbons (Fsp3) is 0.467. The van der Waals surface area contributed by atoms with Crippen molar-refractivity contribution in [3.05, 3.63) is 29.8 Å². The number of carbonyl (C=O) groups is 2. The lowest BCUT2D eigenvalue weighted by molar-refractivity contribution is -0.115. The number of hydrogen-bond donors (Lipinski definition) is 2. The van der Waals surface area contributed by atoms with E-state index < -0.39 is 21.5 Å². The topological polar surface area (TPSA) is 110 Å². The number of benzene rings is 1. The van der Waals surface area contributed by atoms with E-state index in [1.807, 2.05) is 13.8 Å². The Bertz CT molecular complexity index is 690. The predicted molar refractivity (Wildman–Crippen MR) is 85.7 cm³/mol. The molecule has 0 saturated carbocycles. The van der Waals surface area contributed by atoms with E-state index in [0.29, 0.717) is 18.7 Å². The highest BCUT2D eigenvalue weighted by Crippen LogP contribution is 2.15. The molecule has 0 aliphatic carbocycles. The first-order chi connectivity index (χ1) is 10.7. The van der Waals surface area contributed by atoms with Crippen LogP contribution in [-0.2, 0) is 14.6 Å². The van der Waals surface area contributed by atoms with Crippen molar-refractivity contribution in [2.75, 3.05) is 18.8 Å². The molecule has 126 valence electrons. The molecule has 3 N–H and O–H groups in total. The molecule has 0 radical (unpaired) electrons. The first-order valence-corrected chi connectivity index (χ1v) is 9.00. The molecule has 1 aliphatic heterocycles. The van der Waals surface area contributed by atoms with E-state index in [9.17, 15) is 18.0 Å². The van der Waals surface area contributed by atoms with Crippen LogP contribution in [0.1, 0.15) is 24.2 Å². The number of rotatable bonds is 4. The van der Waals surface area contributed by atoms with E-state index in [2.05, 4.69) is 5.32 Å². The number of carbonyl (C=O) groups excluding carboxylic acids is 2. The van der Waals surface area contributed by atoms with Gasteiger partial charge in [-0.25, -0.2) is 8.42 Å². The Morgan fingerprint density at radius 3 is 2.17 bits per heavy atom. The van der Waals surface area contributed by atoms with Crippen molar-refractivity contribution in [3.63, 3.8) is 0 Å². The summed E-state index contributed by atoms with van der Waals surface area (Å²) in [6.45, 7) is 5.22. The lowest BCUT2D eigenvalue weighted by atomic mass is 10.1.